The van der Waals surface area contributed by atoms with Crippen molar-refractivity contribution in [1.29, 1.82) is 0 Å². The third-order valence-electron chi connectivity index (χ3n) is 3.61. The minimum atomic E-state index is 0.00496. The van der Waals surface area contributed by atoms with Crippen LogP contribution in [-0.2, 0) is 11.3 Å². The van der Waals surface area contributed by atoms with Crippen molar-refractivity contribution in [2.24, 2.45) is 0 Å². The molecule has 1 aromatic rings. The van der Waals surface area contributed by atoms with Gasteiger partial charge in [-0.3, -0.25) is 4.79 Å². The Balaban J connectivity index is 1.72. The zero-order chi connectivity index (χ0) is 13.2. The number of hydrogen-bond donors (Lipinski definition) is 0. The first-order chi connectivity index (χ1) is 9.29. The Morgan fingerprint density at radius 3 is 3.32 bits per heavy atom. The van der Waals surface area contributed by atoms with Gasteiger partial charge in [-0.05, 0) is 13.3 Å². The lowest BCUT2D eigenvalue weighted by Crippen LogP contribution is -2.30. The second-order valence-electron chi connectivity index (χ2n) is 4.91. The fraction of sp³-hybridized carbons (Fsp3) is 0.692. The molecule has 1 atom stereocenters. The standard InChI is InChI=1S/C13H19N3O3/c1-2-18-10-4-6-15(9-10)12(17)11-8-14-16-5-3-7-19-13(11)16/h8,10H,2-7,9H2,1H3/t10-/m0/s1. The SMILES string of the molecule is CCO[C@H]1CCN(C(=O)c2cnn3c2OCCC3)C1. The number of fused-ring (bicyclic) bond motifs is 1. The first-order valence-electron chi connectivity index (χ1n) is 6.89. The van der Waals surface area contributed by atoms with Crippen LogP contribution in [-0.4, -0.2) is 53.0 Å². The Morgan fingerprint density at radius 1 is 1.58 bits per heavy atom. The highest BCUT2D eigenvalue weighted by atomic mass is 16.5. The number of aryl methyl sites for hydroxylation is 1. The summed E-state index contributed by atoms with van der Waals surface area (Å²) in [5.74, 6) is 0.626. The summed E-state index contributed by atoms with van der Waals surface area (Å²) in [6.07, 6.45) is 3.64. The van der Waals surface area contributed by atoms with Gasteiger partial charge in [-0.1, -0.05) is 0 Å². The molecular formula is C13H19N3O3. The predicted molar refractivity (Wildman–Crippen MR) is 68.3 cm³/mol. The van der Waals surface area contributed by atoms with Gasteiger partial charge in [-0.2, -0.15) is 5.10 Å². The quantitative estimate of drug-likeness (QED) is 0.815. The predicted octanol–water partition coefficient (Wildman–Crippen LogP) is 0.917. The van der Waals surface area contributed by atoms with E-state index in [1.54, 1.807) is 10.9 Å². The molecule has 0 saturated carbocycles. The second-order valence-corrected chi connectivity index (χ2v) is 4.91. The average Bonchev–Trinajstić information content (AvgIpc) is 3.05. The summed E-state index contributed by atoms with van der Waals surface area (Å²) < 4.78 is 12.9. The van der Waals surface area contributed by atoms with Crippen LogP contribution < -0.4 is 4.74 Å². The Kier molecular flexibility index (Phi) is 3.42. The molecule has 3 heterocycles. The van der Waals surface area contributed by atoms with E-state index in [1.165, 1.54) is 0 Å². The van der Waals surface area contributed by atoms with Crippen LogP contribution in [0.2, 0.25) is 0 Å². The van der Waals surface area contributed by atoms with Crippen molar-refractivity contribution in [2.75, 3.05) is 26.3 Å². The van der Waals surface area contributed by atoms with Crippen molar-refractivity contribution >= 4 is 5.91 Å². The average molecular weight is 265 g/mol. The van der Waals surface area contributed by atoms with Crippen LogP contribution in [0.4, 0.5) is 0 Å². The molecule has 6 heteroatoms. The summed E-state index contributed by atoms with van der Waals surface area (Å²) in [6.45, 7) is 5.56. The molecule has 1 saturated heterocycles. The maximum Gasteiger partial charge on any atom is 0.261 e. The largest absolute Gasteiger partial charge is 0.477 e. The van der Waals surface area contributed by atoms with Gasteiger partial charge in [0, 0.05) is 32.7 Å². The molecule has 0 radical (unpaired) electrons. The van der Waals surface area contributed by atoms with E-state index in [-0.39, 0.29) is 12.0 Å². The lowest BCUT2D eigenvalue weighted by atomic mass is 10.3. The van der Waals surface area contributed by atoms with Crippen LogP contribution in [0.5, 0.6) is 5.88 Å². The lowest BCUT2D eigenvalue weighted by molar-refractivity contribution is 0.0595. The van der Waals surface area contributed by atoms with Crippen molar-refractivity contribution in [3.8, 4) is 5.88 Å². The molecule has 0 unspecified atom stereocenters. The monoisotopic (exact) mass is 265 g/mol. The summed E-state index contributed by atoms with van der Waals surface area (Å²) in [6, 6.07) is 0. The molecule has 0 aliphatic carbocycles. The fourth-order valence-electron chi connectivity index (χ4n) is 2.67. The number of carbonyl (C=O) groups is 1. The molecule has 0 aromatic carbocycles. The van der Waals surface area contributed by atoms with E-state index in [1.807, 2.05) is 11.8 Å². The van der Waals surface area contributed by atoms with E-state index in [4.69, 9.17) is 9.47 Å². The van der Waals surface area contributed by atoms with Gasteiger partial charge in [0.25, 0.3) is 5.91 Å². The molecule has 0 N–H and O–H groups in total. The van der Waals surface area contributed by atoms with Gasteiger partial charge in [0.2, 0.25) is 5.88 Å². The number of ether oxygens (including phenoxy) is 2. The Morgan fingerprint density at radius 2 is 2.47 bits per heavy atom. The highest BCUT2D eigenvalue weighted by molar-refractivity contribution is 5.96. The third kappa shape index (κ3) is 2.32. The molecule has 0 spiro atoms. The second kappa shape index (κ2) is 5.21. The van der Waals surface area contributed by atoms with Crippen LogP contribution in [0.25, 0.3) is 0 Å². The number of aromatic nitrogens is 2. The van der Waals surface area contributed by atoms with Gasteiger partial charge in [-0.15, -0.1) is 0 Å². The Hall–Kier alpha value is -1.56. The van der Waals surface area contributed by atoms with Gasteiger partial charge >= 0.3 is 0 Å². The number of hydrogen-bond acceptors (Lipinski definition) is 4. The molecule has 2 aliphatic rings. The molecule has 104 valence electrons. The van der Waals surface area contributed by atoms with Crippen molar-refractivity contribution in [3.63, 3.8) is 0 Å². The summed E-state index contributed by atoms with van der Waals surface area (Å²) in [7, 11) is 0. The van der Waals surface area contributed by atoms with E-state index in [0.717, 1.165) is 25.9 Å². The van der Waals surface area contributed by atoms with Crippen molar-refractivity contribution in [1.82, 2.24) is 14.7 Å². The first kappa shape index (κ1) is 12.5. The Labute approximate surface area is 112 Å². The number of amides is 1. The summed E-state index contributed by atoms with van der Waals surface area (Å²) in [5, 5.41) is 4.22. The highest BCUT2D eigenvalue weighted by Crippen LogP contribution is 2.25. The van der Waals surface area contributed by atoms with Gasteiger partial charge < -0.3 is 14.4 Å². The van der Waals surface area contributed by atoms with Crippen molar-refractivity contribution in [2.45, 2.75) is 32.4 Å². The normalized spacial score (nSPS) is 22.2. The molecule has 19 heavy (non-hydrogen) atoms. The minimum Gasteiger partial charge on any atom is -0.477 e. The summed E-state index contributed by atoms with van der Waals surface area (Å²) >= 11 is 0. The van der Waals surface area contributed by atoms with E-state index < -0.39 is 0 Å². The smallest absolute Gasteiger partial charge is 0.261 e. The third-order valence-corrected chi connectivity index (χ3v) is 3.61. The molecule has 0 bridgehead atoms. The molecule has 1 aromatic heterocycles. The van der Waals surface area contributed by atoms with E-state index in [9.17, 15) is 4.79 Å². The lowest BCUT2D eigenvalue weighted by Gasteiger charge is -2.19. The zero-order valence-electron chi connectivity index (χ0n) is 11.2. The van der Waals surface area contributed by atoms with Crippen LogP contribution >= 0.6 is 0 Å². The van der Waals surface area contributed by atoms with Crippen molar-refractivity contribution < 1.29 is 14.3 Å². The van der Waals surface area contributed by atoms with Crippen LogP contribution in [0.15, 0.2) is 6.20 Å². The highest BCUT2D eigenvalue weighted by Gasteiger charge is 2.31. The minimum absolute atomic E-state index is 0.00496. The van der Waals surface area contributed by atoms with E-state index >= 15 is 0 Å². The number of carbonyl (C=O) groups excluding carboxylic acids is 1. The first-order valence-corrected chi connectivity index (χ1v) is 6.89. The molecule has 6 nitrogen and oxygen atoms in total. The fourth-order valence-corrected chi connectivity index (χ4v) is 2.67. The summed E-state index contributed by atoms with van der Waals surface area (Å²) in [4.78, 5) is 14.3. The van der Waals surface area contributed by atoms with Crippen LogP contribution in [0, 0.1) is 0 Å². The number of nitrogens with zero attached hydrogens (tertiary/aromatic N) is 3. The molecule has 1 amide bonds. The molecular weight excluding hydrogens is 246 g/mol. The zero-order valence-corrected chi connectivity index (χ0v) is 11.2. The number of rotatable bonds is 3. The van der Waals surface area contributed by atoms with Gasteiger partial charge in [0.1, 0.15) is 5.56 Å². The van der Waals surface area contributed by atoms with Crippen LogP contribution in [0.3, 0.4) is 0 Å². The van der Waals surface area contributed by atoms with E-state index in [2.05, 4.69) is 5.10 Å². The molecule has 1 fully saturated rings. The van der Waals surface area contributed by atoms with Gasteiger partial charge in [-0.25, -0.2) is 4.68 Å². The maximum atomic E-state index is 12.5. The van der Waals surface area contributed by atoms with E-state index in [0.29, 0.717) is 31.2 Å². The van der Waals surface area contributed by atoms with Gasteiger partial charge in [0.15, 0.2) is 0 Å². The molecule has 2 aliphatic heterocycles. The Bertz CT molecular complexity index is 472. The van der Waals surface area contributed by atoms with Crippen LogP contribution in [0.1, 0.15) is 30.1 Å². The van der Waals surface area contributed by atoms with Gasteiger partial charge in [0.05, 0.1) is 18.9 Å². The summed E-state index contributed by atoms with van der Waals surface area (Å²) in [5.41, 5.74) is 0.580. The maximum absolute atomic E-state index is 12.5. The molecule has 3 rings (SSSR count). The van der Waals surface area contributed by atoms with Crippen molar-refractivity contribution in [3.05, 3.63) is 11.8 Å². The topological polar surface area (TPSA) is 56.6 Å². The number of likely N-dealkylation sites (tertiary alicyclic amines) is 1.